The van der Waals surface area contributed by atoms with Gasteiger partial charge in [0.1, 0.15) is 6.10 Å². The molecule has 0 aromatic heterocycles. The first kappa shape index (κ1) is 15.5. The van der Waals surface area contributed by atoms with E-state index in [9.17, 15) is 5.11 Å². The van der Waals surface area contributed by atoms with Gasteiger partial charge in [-0.05, 0) is 29.5 Å². The number of hydrogen-bond donors (Lipinski definition) is 1. The van der Waals surface area contributed by atoms with Crippen LogP contribution in [0.25, 0.3) is 6.08 Å². The Morgan fingerprint density at radius 1 is 0.952 bits per heavy atom. The highest BCUT2D eigenvalue weighted by molar-refractivity contribution is 5.54. The third kappa shape index (κ3) is 4.87. The van der Waals surface area contributed by atoms with Crippen molar-refractivity contribution < 1.29 is 5.11 Å². The zero-order valence-corrected chi connectivity index (χ0v) is 12.7. The lowest BCUT2D eigenvalue weighted by Crippen LogP contribution is -2.02. The molecule has 0 radical (unpaired) electrons. The molecule has 2 aromatic rings. The molecule has 0 bridgehead atoms. The van der Waals surface area contributed by atoms with Gasteiger partial charge in [0.05, 0.1) is 0 Å². The first-order valence-electron chi connectivity index (χ1n) is 7.79. The number of benzene rings is 2. The van der Waals surface area contributed by atoms with Crippen LogP contribution in [-0.4, -0.2) is 5.11 Å². The maximum atomic E-state index is 10.7. The average molecular weight is 280 g/mol. The maximum absolute atomic E-state index is 10.7. The van der Waals surface area contributed by atoms with Crippen LogP contribution in [0.15, 0.2) is 66.2 Å². The molecule has 0 amide bonds. The van der Waals surface area contributed by atoms with E-state index in [0.29, 0.717) is 0 Å². The van der Waals surface area contributed by atoms with E-state index in [1.165, 1.54) is 12.8 Å². The van der Waals surface area contributed by atoms with Crippen LogP contribution in [0, 0.1) is 0 Å². The molecule has 2 aromatic carbocycles. The van der Waals surface area contributed by atoms with Gasteiger partial charge >= 0.3 is 0 Å². The molecular formula is C20H24O. The van der Waals surface area contributed by atoms with E-state index in [1.54, 1.807) is 0 Å². The summed E-state index contributed by atoms with van der Waals surface area (Å²) in [5.41, 5.74) is 3.22. The van der Waals surface area contributed by atoms with Crippen LogP contribution in [0.3, 0.4) is 0 Å². The fraction of sp³-hybridized carbons (Fsp3) is 0.300. The van der Waals surface area contributed by atoms with E-state index in [4.69, 9.17) is 0 Å². The Morgan fingerprint density at radius 2 is 1.57 bits per heavy atom. The molecule has 2 rings (SSSR count). The molecule has 0 heterocycles. The van der Waals surface area contributed by atoms with E-state index < -0.39 is 6.10 Å². The fourth-order valence-corrected chi connectivity index (χ4v) is 2.48. The Balaban J connectivity index is 2.21. The van der Waals surface area contributed by atoms with Crippen molar-refractivity contribution in [2.75, 3.05) is 0 Å². The summed E-state index contributed by atoms with van der Waals surface area (Å²) in [5.74, 6) is 0. The smallest absolute Gasteiger partial charge is 0.100 e. The molecule has 0 saturated heterocycles. The van der Waals surface area contributed by atoms with Gasteiger partial charge in [0.2, 0.25) is 0 Å². The third-order valence-electron chi connectivity index (χ3n) is 3.69. The molecule has 1 N–H and O–H groups in total. The van der Waals surface area contributed by atoms with Crippen molar-refractivity contribution in [1.29, 1.82) is 0 Å². The second-order valence-electron chi connectivity index (χ2n) is 5.40. The summed E-state index contributed by atoms with van der Waals surface area (Å²) >= 11 is 0. The summed E-state index contributed by atoms with van der Waals surface area (Å²) in [5, 5.41) is 10.7. The quantitative estimate of drug-likeness (QED) is 0.675. The van der Waals surface area contributed by atoms with Crippen LogP contribution in [0.4, 0.5) is 0 Å². The van der Waals surface area contributed by atoms with Crippen LogP contribution in [-0.2, 0) is 0 Å². The fourth-order valence-electron chi connectivity index (χ4n) is 2.48. The summed E-state index contributed by atoms with van der Waals surface area (Å²) in [4.78, 5) is 0. The van der Waals surface area contributed by atoms with Crippen molar-refractivity contribution in [3.8, 4) is 0 Å². The lowest BCUT2D eigenvalue weighted by molar-refractivity contribution is 0.211. The summed E-state index contributed by atoms with van der Waals surface area (Å²) in [6.45, 7) is 2.20. The minimum absolute atomic E-state index is 0.511. The molecule has 0 spiro atoms. The van der Waals surface area contributed by atoms with E-state index in [0.717, 1.165) is 29.5 Å². The second-order valence-corrected chi connectivity index (χ2v) is 5.40. The lowest BCUT2D eigenvalue weighted by atomic mass is 9.95. The highest BCUT2D eigenvalue weighted by Gasteiger charge is 2.12. The number of rotatable bonds is 7. The van der Waals surface area contributed by atoms with Crippen molar-refractivity contribution in [3.05, 3.63) is 77.4 Å². The minimum atomic E-state index is -0.511. The molecule has 0 saturated carbocycles. The van der Waals surface area contributed by atoms with Crippen molar-refractivity contribution in [1.82, 2.24) is 0 Å². The normalized spacial score (nSPS) is 13.1. The first-order valence-corrected chi connectivity index (χ1v) is 7.79. The van der Waals surface area contributed by atoms with Gasteiger partial charge in [-0.3, -0.25) is 0 Å². The van der Waals surface area contributed by atoms with E-state index >= 15 is 0 Å². The molecule has 110 valence electrons. The van der Waals surface area contributed by atoms with Crippen LogP contribution in [0.5, 0.6) is 0 Å². The van der Waals surface area contributed by atoms with Crippen LogP contribution < -0.4 is 0 Å². The second kappa shape index (κ2) is 8.43. The third-order valence-corrected chi connectivity index (χ3v) is 3.69. The van der Waals surface area contributed by atoms with Crippen LogP contribution >= 0.6 is 0 Å². The average Bonchev–Trinajstić information content (AvgIpc) is 2.55. The molecule has 0 fully saturated rings. The number of unbranched alkanes of at least 4 members (excludes halogenated alkanes) is 2. The van der Waals surface area contributed by atoms with Crippen molar-refractivity contribution in [2.24, 2.45) is 0 Å². The number of aliphatic hydroxyl groups excluding tert-OH is 1. The molecule has 21 heavy (non-hydrogen) atoms. The molecule has 0 aliphatic rings. The monoisotopic (exact) mass is 280 g/mol. The predicted molar refractivity (Wildman–Crippen MR) is 90.0 cm³/mol. The zero-order chi connectivity index (χ0) is 14.9. The highest BCUT2D eigenvalue weighted by Crippen LogP contribution is 2.27. The van der Waals surface area contributed by atoms with Gasteiger partial charge in [-0.25, -0.2) is 0 Å². The number of aliphatic hydroxyl groups is 1. The van der Waals surface area contributed by atoms with E-state index in [1.807, 2.05) is 48.5 Å². The molecule has 1 unspecified atom stereocenters. The van der Waals surface area contributed by atoms with E-state index in [-0.39, 0.29) is 0 Å². The maximum Gasteiger partial charge on any atom is 0.100 e. The van der Waals surface area contributed by atoms with Crippen LogP contribution in [0.2, 0.25) is 0 Å². The van der Waals surface area contributed by atoms with Gasteiger partial charge in [-0.1, -0.05) is 86.5 Å². The molecular weight excluding hydrogens is 256 g/mol. The Kier molecular flexibility index (Phi) is 6.23. The SMILES string of the molecule is CCCCC/C(=C\c1ccccc1)C(O)c1ccccc1. The Bertz CT molecular complexity index is 543. The summed E-state index contributed by atoms with van der Waals surface area (Å²) < 4.78 is 0. The topological polar surface area (TPSA) is 20.2 Å². The number of hydrogen-bond acceptors (Lipinski definition) is 1. The van der Waals surface area contributed by atoms with Gasteiger partial charge in [0, 0.05) is 0 Å². The van der Waals surface area contributed by atoms with Gasteiger partial charge in [0.25, 0.3) is 0 Å². The van der Waals surface area contributed by atoms with Gasteiger partial charge in [-0.2, -0.15) is 0 Å². The van der Waals surface area contributed by atoms with Crippen molar-refractivity contribution in [2.45, 2.75) is 38.7 Å². The molecule has 0 aliphatic carbocycles. The van der Waals surface area contributed by atoms with Crippen LogP contribution in [0.1, 0.15) is 49.8 Å². The summed E-state index contributed by atoms with van der Waals surface area (Å²) in [6.07, 6.45) is 6.09. The molecule has 1 atom stereocenters. The highest BCUT2D eigenvalue weighted by atomic mass is 16.3. The predicted octanol–water partition coefficient (Wildman–Crippen LogP) is 5.38. The standard InChI is InChI=1S/C20H24O/c1-2-3-6-15-19(16-17-11-7-4-8-12-17)20(21)18-13-9-5-10-14-18/h4-5,7-14,16,20-21H,2-3,6,15H2,1H3/b19-16+. The Labute approximate surface area is 128 Å². The zero-order valence-electron chi connectivity index (χ0n) is 12.7. The minimum Gasteiger partial charge on any atom is -0.384 e. The van der Waals surface area contributed by atoms with Gasteiger partial charge in [0.15, 0.2) is 0 Å². The Hall–Kier alpha value is -1.86. The molecule has 1 heteroatoms. The van der Waals surface area contributed by atoms with Crippen molar-refractivity contribution >= 4 is 6.08 Å². The Morgan fingerprint density at radius 3 is 2.19 bits per heavy atom. The largest absolute Gasteiger partial charge is 0.384 e. The van der Waals surface area contributed by atoms with Crippen molar-refractivity contribution in [3.63, 3.8) is 0 Å². The molecule has 0 aliphatic heterocycles. The molecule has 1 nitrogen and oxygen atoms in total. The lowest BCUT2D eigenvalue weighted by Gasteiger charge is -2.16. The van der Waals surface area contributed by atoms with E-state index in [2.05, 4.69) is 25.1 Å². The first-order chi connectivity index (χ1) is 10.3. The summed E-state index contributed by atoms with van der Waals surface area (Å²) in [7, 11) is 0. The summed E-state index contributed by atoms with van der Waals surface area (Å²) in [6, 6.07) is 20.2. The van der Waals surface area contributed by atoms with Gasteiger partial charge in [-0.15, -0.1) is 0 Å². The van der Waals surface area contributed by atoms with Gasteiger partial charge < -0.3 is 5.11 Å².